The number of nitrogens with two attached hydrogens (primary N) is 1. The van der Waals surface area contributed by atoms with Gasteiger partial charge in [0.25, 0.3) is 0 Å². The second-order valence-electron chi connectivity index (χ2n) is 5.69. The average molecular weight is 267 g/mol. The fourth-order valence-electron chi connectivity index (χ4n) is 3.18. The van der Waals surface area contributed by atoms with Crippen LogP contribution in [0.5, 0.6) is 0 Å². The standard InChI is InChI=1S/C14H21NO4/c1-9(2)13(17)18-6-4-11-10-3-5-14(7-10,19-11)8-12(15)16/h10-11H,1,3-8H2,2H3,(H2,15,16). The molecule has 5 nitrogen and oxygen atoms in total. The van der Waals surface area contributed by atoms with Crippen molar-refractivity contribution in [3.63, 3.8) is 0 Å². The topological polar surface area (TPSA) is 78.6 Å². The fourth-order valence-corrected chi connectivity index (χ4v) is 3.18. The smallest absolute Gasteiger partial charge is 0.333 e. The molecule has 1 aliphatic heterocycles. The van der Waals surface area contributed by atoms with E-state index in [2.05, 4.69) is 6.58 Å². The summed E-state index contributed by atoms with van der Waals surface area (Å²) in [6.07, 6.45) is 3.91. The minimum absolute atomic E-state index is 0.0750. The van der Waals surface area contributed by atoms with E-state index in [-0.39, 0.29) is 23.6 Å². The molecule has 2 N–H and O–H groups in total. The van der Waals surface area contributed by atoms with Crippen LogP contribution < -0.4 is 5.73 Å². The molecule has 5 heteroatoms. The zero-order valence-electron chi connectivity index (χ0n) is 11.3. The van der Waals surface area contributed by atoms with Crippen LogP contribution in [-0.2, 0) is 19.1 Å². The molecule has 2 fully saturated rings. The number of primary amides is 1. The molecule has 1 aliphatic carbocycles. The van der Waals surface area contributed by atoms with Gasteiger partial charge in [-0.25, -0.2) is 4.79 Å². The molecular formula is C14H21NO4. The molecule has 0 aromatic heterocycles. The van der Waals surface area contributed by atoms with Crippen molar-refractivity contribution in [2.45, 2.75) is 50.7 Å². The van der Waals surface area contributed by atoms with E-state index in [0.717, 1.165) is 19.3 Å². The van der Waals surface area contributed by atoms with Crippen LogP contribution >= 0.6 is 0 Å². The van der Waals surface area contributed by atoms with Crippen LogP contribution in [0.1, 0.15) is 39.0 Å². The average Bonchev–Trinajstić information content (AvgIpc) is 2.84. The molecule has 0 aromatic carbocycles. The van der Waals surface area contributed by atoms with Crippen molar-refractivity contribution in [3.8, 4) is 0 Å². The third-order valence-corrected chi connectivity index (χ3v) is 4.01. The third-order valence-electron chi connectivity index (χ3n) is 4.01. The molecule has 1 saturated heterocycles. The van der Waals surface area contributed by atoms with Gasteiger partial charge in [0.05, 0.1) is 24.7 Å². The van der Waals surface area contributed by atoms with Gasteiger partial charge in [0.1, 0.15) is 0 Å². The van der Waals surface area contributed by atoms with Gasteiger partial charge >= 0.3 is 5.97 Å². The van der Waals surface area contributed by atoms with E-state index < -0.39 is 0 Å². The first-order valence-corrected chi connectivity index (χ1v) is 6.71. The Bertz CT molecular complexity index is 406. The van der Waals surface area contributed by atoms with Crippen LogP contribution in [0.3, 0.4) is 0 Å². The Morgan fingerprint density at radius 3 is 2.89 bits per heavy atom. The normalized spacial score (nSPS) is 32.3. The van der Waals surface area contributed by atoms with E-state index >= 15 is 0 Å². The van der Waals surface area contributed by atoms with Crippen molar-refractivity contribution in [1.82, 2.24) is 0 Å². The van der Waals surface area contributed by atoms with Gasteiger partial charge in [-0.1, -0.05) is 6.58 Å². The first-order valence-electron chi connectivity index (χ1n) is 6.71. The highest BCUT2D eigenvalue weighted by atomic mass is 16.5. The molecule has 1 heterocycles. The van der Waals surface area contributed by atoms with Crippen molar-refractivity contribution in [3.05, 3.63) is 12.2 Å². The first-order chi connectivity index (χ1) is 8.92. The van der Waals surface area contributed by atoms with E-state index in [1.54, 1.807) is 6.92 Å². The lowest BCUT2D eigenvalue weighted by molar-refractivity contribution is -0.141. The lowest BCUT2D eigenvalue weighted by atomic mass is 9.98. The Morgan fingerprint density at radius 2 is 2.26 bits per heavy atom. The Kier molecular flexibility index (Phi) is 3.94. The molecule has 19 heavy (non-hydrogen) atoms. The van der Waals surface area contributed by atoms with E-state index in [1.807, 2.05) is 0 Å². The maximum Gasteiger partial charge on any atom is 0.333 e. The van der Waals surface area contributed by atoms with Crippen LogP contribution in [0, 0.1) is 5.92 Å². The van der Waals surface area contributed by atoms with Crippen molar-refractivity contribution in [2.24, 2.45) is 11.7 Å². The maximum atomic E-state index is 11.3. The lowest BCUT2D eigenvalue weighted by Crippen LogP contribution is -2.35. The highest BCUT2D eigenvalue weighted by Crippen LogP contribution is 2.50. The summed E-state index contributed by atoms with van der Waals surface area (Å²) in [4.78, 5) is 22.3. The molecule has 0 radical (unpaired) electrons. The van der Waals surface area contributed by atoms with Gasteiger partial charge in [-0.2, -0.15) is 0 Å². The number of fused-ring (bicyclic) bond motifs is 2. The van der Waals surface area contributed by atoms with Crippen molar-refractivity contribution in [1.29, 1.82) is 0 Å². The van der Waals surface area contributed by atoms with Crippen LogP contribution in [-0.4, -0.2) is 30.2 Å². The SMILES string of the molecule is C=C(C)C(=O)OCCC1OC2(CC(N)=O)CCC1C2. The van der Waals surface area contributed by atoms with Gasteiger partial charge in [0.15, 0.2) is 0 Å². The zero-order valence-corrected chi connectivity index (χ0v) is 11.3. The predicted molar refractivity (Wildman–Crippen MR) is 69.1 cm³/mol. The highest BCUT2D eigenvalue weighted by molar-refractivity contribution is 5.86. The quantitative estimate of drug-likeness (QED) is 0.581. The highest BCUT2D eigenvalue weighted by Gasteiger charge is 2.52. The summed E-state index contributed by atoms with van der Waals surface area (Å²) in [6.45, 7) is 5.49. The number of carbonyl (C=O) groups excluding carboxylic acids is 2. The van der Waals surface area contributed by atoms with Gasteiger partial charge in [0, 0.05) is 12.0 Å². The number of hydrogen-bond donors (Lipinski definition) is 1. The molecule has 1 saturated carbocycles. The number of ether oxygens (including phenoxy) is 2. The molecule has 0 spiro atoms. The molecule has 2 aliphatic rings. The summed E-state index contributed by atoms with van der Waals surface area (Å²) in [7, 11) is 0. The van der Waals surface area contributed by atoms with Crippen molar-refractivity contribution >= 4 is 11.9 Å². The van der Waals surface area contributed by atoms with E-state index in [1.165, 1.54) is 0 Å². The number of esters is 1. The Hall–Kier alpha value is -1.36. The molecule has 3 atom stereocenters. The Labute approximate surface area is 113 Å². The summed E-state index contributed by atoms with van der Waals surface area (Å²) in [5.41, 5.74) is 5.33. The summed E-state index contributed by atoms with van der Waals surface area (Å²) >= 11 is 0. The van der Waals surface area contributed by atoms with Crippen molar-refractivity contribution in [2.75, 3.05) is 6.61 Å². The molecular weight excluding hydrogens is 246 g/mol. The summed E-state index contributed by atoms with van der Waals surface area (Å²) in [5.74, 6) is -0.215. The third kappa shape index (κ3) is 3.15. The van der Waals surface area contributed by atoms with Crippen LogP contribution in [0.4, 0.5) is 0 Å². The summed E-state index contributed by atoms with van der Waals surface area (Å²) < 4.78 is 11.1. The Balaban J connectivity index is 1.80. The molecule has 1 amide bonds. The summed E-state index contributed by atoms with van der Waals surface area (Å²) in [5, 5.41) is 0. The van der Waals surface area contributed by atoms with Crippen LogP contribution in [0.25, 0.3) is 0 Å². The Morgan fingerprint density at radius 1 is 1.53 bits per heavy atom. The van der Waals surface area contributed by atoms with Gasteiger partial charge in [0.2, 0.25) is 5.91 Å². The van der Waals surface area contributed by atoms with Crippen molar-refractivity contribution < 1.29 is 19.1 Å². The predicted octanol–water partition coefficient (Wildman–Crippen LogP) is 1.31. The van der Waals surface area contributed by atoms with E-state index in [9.17, 15) is 9.59 Å². The van der Waals surface area contributed by atoms with Gasteiger partial charge in [-0.3, -0.25) is 4.79 Å². The van der Waals surface area contributed by atoms with E-state index in [4.69, 9.17) is 15.2 Å². The first kappa shape index (κ1) is 14.1. The van der Waals surface area contributed by atoms with E-state index in [0.29, 0.717) is 30.9 Å². The molecule has 106 valence electrons. The van der Waals surface area contributed by atoms with Gasteiger partial charge in [-0.15, -0.1) is 0 Å². The van der Waals surface area contributed by atoms with Gasteiger partial charge in [-0.05, 0) is 32.1 Å². The zero-order chi connectivity index (χ0) is 14.0. The number of amides is 1. The van der Waals surface area contributed by atoms with Crippen LogP contribution in [0.2, 0.25) is 0 Å². The summed E-state index contributed by atoms with van der Waals surface area (Å²) in [6, 6.07) is 0. The minimum atomic E-state index is -0.366. The maximum absolute atomic E-state index is 11.3. The lowest BCUT2D eigenvalue weighted by Gasteiger charge is -2.30. The minimum Gasteiger partial charge on any atom is -0.462 e. The second kappa shape index (κ2) is 5.33. The molecule has 2 bridgehead atoms. The largest absolute Gasteiger partial charge is 0.462 e. The molecule has 0 aromatic rings. The monoisotopic (exact) mass is 267 g/mol. The number of carbonyl (C=O) groups is 2. The second-order valence-corrected chi connectivity index (χ2v) is 5.69. The molecule has 3 unspecified atom stereocenters. The number of hydrogen-bond acceptors (Lipinski definition) is 4. The van der Waals surface area contributed by atoms with Crippen LogP contribution in [0.15, 0.2) is 12.2 Å². The molecule has 2 rings (SSSR count). The van der Waals surface area contributed by atoms with Gasteiger partial charge < -0.3 is 15.2 Å². The fraction of sp³-hybridized carbons (Fsp3) is 0.714. The number of rotatable bonds is 6.